The molecule has 2 aromatic heterocycles. The van der Waals surface area contributed by atoms with Gasteiger partial charge in [-0.2, -0.15) is 0 Å². The Morgan fingerprint density at radius 2 is 2.26 bits per heavy atom. The molecule has 0 aliphatic rings. The normalized spacial score (nSPS) is 10.8. The molecular weight excluding hydrogens is 250 g/mol. The Morgan fingerprint density at radius 3 is 2.95 bits per heavy atom. The lowest BCUT2D eigenvalue weighted by Gasteiger charge is -2.02. The highest BCUT2D eigenvalue weighted by Crippen LogP contribution is 2.13. The molecule has 2 heterocycles. The Kier molecular flexibility index (Phi) is 3.85. The Morgan fingerprint density at radius 1 is 1.47 bits per heavy atom. The highest BCUT2D eigenvalue weighted by atomic mass is 16.6. The lowest BCUT2D eigenvalue weighted by molar-refractivity contribution is -0.392. The molecule has 0 amide bonds. The zero-order valence-electron chi connectivity index (χ0n) is 10.8. The van der Waals surface area contributed by atoms with Crippen molar-refractivity contribution in [1.82, 2.24) is 29.9 Å². The number of hydrogen-bond acceptors (Lipinski definition) is 6. The van der Waals surface area contributed by atoms with Crippen LogP contribution in [0, 0.1) is 17.0 Å². The summed E-state index contributed by atoms with van der Waals surface area (Å²) in [5, 5.41) is 21.8. The minimum Gasteiger partial charge on any atom is -0.358 e. The van der Waals surface area contributed by atoms with Crippen LogP contribution in [0.25, 0.3) is 0 Å². The van der Waals surface area contributed by atoms with Gasteiger partial charge in [0.25, 0.3) is 0 Å². The van der Waals surface area contributed by atoms with Gasteiger partial charge < -0.3 is 15.4 Å². The topological polar surface area (TPSA) is 104 Å². The van der Waals surface area contributed by atoms with Crippen LogP contribution in [0.4, 0.5) is 5.82 Å². The van der Waals surface area contributed by atoms with Gasteiger partial charge in [-0.25, -0.2) is 14.2 Å². The molecule has 0 radical (unpaired) electrons. The first kappa shape index (κ1) is 13.1. The van der Waals surface area contributed by atoms with Crippen molar-refractivity contribution in [2.75, 3.05) is 7.05 Å². The van der Waals surface area contributed by atoms with Gasteiger partial charge in [0.2, 0.25) is 0 Å². The van der Waals surface area contributed by atoms with Crippen LogP contribution < -0.4 is 5.32 Å². The van der Waals surface area contributed by atoms with Gasteiger partial charge in [-0.1, -0.05) is 5.21 Å². The van der Waals surface area contributed by atoms with E-state index in [-0.39, 0.29) is 5.82 Å². The third-order valence-corrected chi connectivity index (χ3v) is 2.72. The fourth-order valence-corrected chi connectivity index (χ4v) is 1.79. The lowest BCUT2D eigenvalue weighted by atomic mass is 10.5. The fraction of sp³-hybridized carbons (Fsp3) is 0.500. The van der Waals surface area contributed by atoms with Crippen LogP contribution in [0.1, 0.15) is 11.5 Å². The van der Waals surface area contributed by atoms with Crippen molar-refractivity contribution in [2.24, 2.45) is 0 Å². The molecule has 0 atom stereocenters. The number of nitro groups is 1. The van der Waals surface area contributed by atoms with Crippen LogP contribution in [-0.2, 0) is 19.6 Å². The van der Waals surface area contributed by atoms with E-state index in [1.165, 1.54) is 6.20 Å². The van der Waals surface area contributed by atoms with Gasteiger partial charge in [-0.3, -0.25) is 0 Å². The third-order valence-electron chi connectivity index (χ3n) is 2.72. The van der Waals surface area contributed by atoms with Crippen molar-refractivity contribution in [1.29, 1.82) is 0 Å². The first-order valence-corrected chi connectivity index (χ1v) is 5.82. The van der Waals surface area contributed by atoms with Gasteiger partial charge >= 0.3 is 5.82 Å². The maximum Gasteiger partial charge on any atom is 0.342 e. The molecule has 2 aromatic rings. The van der Waals surface area contributed by atoms with Gasteiger partial charge in [0.05, 0.1) is 12.2 Å². The monoisotopic (exact) mass is 265 g/mol. The molecule has 0 aromatic carbocycles. The molecule has 0 unspecified atom stereocenters. The van der Waals surface area contributed by atoms with Gasteiger partial charge in [0, 0.05) is 19.7 Å². The first-order valence-electron chi connectivity index (χ1n) is 5.82. The summed E-state index contributed by atoms with van der Waals surface area (Å²) in [4.78, 5) is 14.4. The van der Waals surface area contributed by atoms with Crippen LogP contribution in [0.2, 0.25) is 0 Å². The number of nitrogens with zero attached hydrogens (tertiary/aromatic N) is 6. The van der Waals surface area contributed by atoms with Crippen LogP contribution >= 0.6 is 0 Å². The Hall–Kier alpha value is -2.29. The highest BCUT2D eigenvalue weighted by Gasteiger charge is 2.17. The number of nitrogens with one attached hydrogen (secondary N) is 1. The number of aromatic nitrogens is 5. The van der Waals surface area contributed by atoms with E-state index in [1.54, 1.807) is 16.2 Å². The number of hydrogen-bond donors (Lipinski definition) is 1. The smallest absolute Gasteiger partial charge is 0.342 e. The van der Waals surface area contributed by atoms with E-state index in [0.29, 0.717) is 25.5 Å². The Bertz CT molecular complexity index is 574. The van der Waals surface area contributed by atoms with Crippen LogP contribution in [0.3, 0.4) is 0 Å². The molecule has 2 rings (SSSR count). The van der Waals surface area contributed by atoms with Crippen LogP contribution in [0.15, 0.2) is 12.4 Å². The summed E-state index contributed by atoms with van der Waals surface area (Å²) in [6, 6.07) is 0. The molecule has 0 fully saturated rings. The SMILES string of the molecule is CNCc1cn(CCn2c([N+](=O)[O-])cnc2C)nn1. The Balaban J connectivity index is 2.05. The summed E-state index contributed by atoms with van der Waals surface area (Å²) >= 11 is 0. The molecular formula is C10H15N7O2. The van der Waals surface area contributed by atoms with E-state index < -0.39 is 4.92 Å². The molecule has 0 saturated carbocycles. The predicted molar refractivity (Wildman–Crippen MR) is 66.4 cm³/mol. The predicted octanol–water partition coefficient (Wildman–Crippen LogP) is 0.111. The fourth-order valence-electron chi connectivity index (χ4n) is 1.79. The number of imidazole rings is 1. The lowest BCUT2D eigenvalue weighted by Crippen LogP contribution is -2.11. The molecule has 19 heavy (non-hydrogen) atoms. The average molecular weight is 265 g/mol. The van der Waals surface area contributed by atoms with Gasteiger partial charge in [0.1, 0.15) is 12.7 Å². The summed E-state index contributed by atoms with van der Waals surface area (Å²) < 4.78 is 3.22. The molecule has 9 heteroatoms. The zero-order valence-corrected chi connectivity index (χ0v) is 10.8. The van der Waals surface area contributed by atoms with Crippen molar-refractivity contribution in [3.05, 3.63) is 34.0 Å². The minimum atomic E-state index is -0.437. The van der Waals surface area contributed by atoms with Crippen molar-refractivity contribution in [2.45, 2.75) is 26.6 Å². The molecule has 0 aliphatic carbocycles. The highest BCUT2D eigenvalue weighted by molar-refractivity contribution is 5.18. The average Bonchev–Trinajstić information content (AvgIpc) is 2.94. The number of rotatable bonds is 6. The van der Waals surface area contributed by atoms with Gasteiger partial charge in [-0.05, 0) is 12.0 Å². The van der Waals surface area contributed by atoms with E-state index in [0.717, 1.165) is 5.69 Å². The molecule has 9 nitrogen and oxygen atoms in total. The molecule has 0 saturated heterocycles. The van der Waals surface area contributed by atoms with Crippen LogP contribution in [-0.4, -0.2) is 36.5 Å². The first-order chi connectivity index (χ1) is 9.11. The molecule has 0 aliphatic heterocycles. The summed E-state index contributed by atoms with van der Waals surface area (Å²) in [6.07, 6.45) is 3.08. The molecule has 0 spiro atoms. The second-order valence-corrected chi connectivity index (χ2v) is 4.08. The largest absolute Gasteiger partial charge is 0.358 e. The molecule has 0 bridgehead atoms. The maximum absolute atomic E-state index is 10.8. The Labute approximate surface area is 109 Å². The maximum atomic E-state index is 10.8. The van der Waals surface area contributed by atoms with Crippen molar-refractivity contribution in [3.63, 3.8) is 0 Å². The van der Waals surface area contributed by atoms with E-state index in [1.807, 2.05) is 13.2 Å². The summed E-state index contributed by atoms with van der Waals surface area (Å²) in [5.74, 6) is 0.607. The van der Waals surface area contributed by atoms with E-state index in [9.17, 15) is 10.1 Å². The summed E-state index contributed by atoms with van der Waals surface area (Å²) in [5.41, 5.74) is 0.833. The van der Waals surface area contributed by atoms with E-state index >= 15 is 0 Å². The van der Waals surface area contributed by atoms with E-state index in [4.69, 9.17) is 0 Å². The minimum absolute atomic E-state index is 0.00642. The van der Waals surface area contributed by atoms with Crippen molar-refractivity contribution < 1.29 is 4.92 Å². The standard InChI is InChI=1S/C10H15N7O2/c1-8-12-6-10(17(18)19)16(8)4-3-15-7-9(5-11-2)13-14-15/h6-7,11H,3-5H2,1-2H3. The van der Waals surface area contributed by atoms with Crippen molar-refractivity contribution in [3.8, 4) is 0 Å². The van der Waals surface area contributed by atoms with E-state index in [2.05, 4.69) is 20.6 Å². The quantitative estimate of drug-likeness (QED) is 0.587. The van der Waals surface area contributed by atoms with Gasteiger partial charge in [-0.15, -0.1) is 5.10 Å². The zero-order chi connectivity index (χ0) is 13.8. The third kappa shape index (κ3) is 2.94. The van der Waals surface area contributed by atoms with Crippen molar-refractivity contribution >= 4 is 5.82 Å². The van der Waals surface area contributed by atoms with Crippen LogP contribution in [0.5, 0.6) is 0 Å². The molecule has 1 N–H and O–H groups in total. The number of aryl methyl sites for hydroxylation is 2. The second kappa shape index (κ2) is 5.57. The molecule has 102 valence electrons. The van der Waals surface area contributed by atoms with Gasteiger partial charge in [0.15, 0.2) is 5.82 Å². The summed E-state index contributed by atoms with van der Waals surface area (Å²) in [6.45, 7) is 3.32. The summed E-state index contributed by atoms with van der Waals surface area (Å²) in [7, 11) is 1.83. The second-order valence-electron chi connectivity index (χ2n) is 4.08.